The first-order valence-electron chi connectivity index (χ1n) is 10.2. The third-order valence-electron chi connectivity index (χ3n) is 5.91. The summed E-state index contributed by atoms with van der Waals surface area (Å²) in [6.07, 6.45) is 2.71. The quantitative estimate of drug-likeness (QED) is 0.597. The summed E-state index contributed by atoms with van der Waals surface area (Å²) in [7, 11) is 0. The molecule has 0 radical (unpaired) electrons. The molecule has 158 valence electrons. The molecule has 0 spiro atoms. The number of likely N-dealkylation sites (tertiary alicyclic amines) is 2. The number of carbonyl (C=O) groups is 3. The van der Waals surface area contributed by atoms with E-state index in [0.29, 0.717) is 25.9 Å². The Balaban J connectivity index is 1.68. The highest BCUT2D eigenvalue weighted by atomic mass is 16.4. The van der Waals surface area contributed by atoms with Crippen molar-refractivity contribution >= 4 is 17.8 Å². The van der Waals surface area contributed by atoms with Crippen molar-refractivity contribution in [2.45, 2.75) is 63.3 Å². The number of hydrogen-bond acceptors (Lipinski definition) is 5. The average molecular weight is 403 g/mol. The van der Waals surface area contributed by atoms with Crippen LogP contribution in [0.1, 0.15) is 38.2 Å². The van der Waals surface area contributed by atoms with Crippen LogP contribution < -0.4 is 5.32 Å². The van der Waals surface area contributed by atoms with Gasteiger partial charge >= 0.3 is 11.9 Å². The first-order valence-corrected chi connectivity index (χ1v) is 10.2. The summed E-state index contributed by atoms with van der Waals surface area (Å²) >= 11 is 0. The lowest BCUT2D eigenvalue weighted by Gasteiger charge is -2.33. The molecule has 4 atom stereocenters. The molecule has 2 aliphatic heterocycles. The summed E-state index contributed by atoms with van der Waals surface area (Å²) < 4.78 is 0. The number of benzene rings is 1. The van der Waals surface area contributed by atoms with Gasteiger partial charge in [0, 0.05) is 19.1 Å². The van der Waals surface area contributed by atoms with Gasteiger partial charge in [0.2, 0.25) is 5.91 Å². The van der Waals surface area contributed by atoms with Crippen molar-refractivity contribution in [3.8, 4) is 0 Å². The molecule has 2 fully saturated rings. The van der Waals surface area contributed by atoms with Crippen molar-refractivity contribution < 1.29 is 24.6 Å². The normalized spacial score (nSPS) is 24.4. The summed E-state index contributed by atoms with van der Waals surface area (Å²) in [6.45, 7) is 3.47. The number of amides is 1. The van der Waals surface area contributed by atoms with Crippen molar-refractivity contribution in [2.24, 2.45) is 0 Å². The molecular weight excluding hydrogens is 374 g/mol. The predicted octanol–water partition coefficient (Wildman–Crippen LogP) is 1.16. The molecule has 0 saturated carbocycles. The molecule has 1 aromatic rings. The Labute approximate surface area is 170 Å². The fourth-order valence-electron chi connectivity index (χ4n) is 4.47. The Morgan fingerprint density at radius 2 is 1.79 bits per heavy atom. The van der Waals surface area contributed by atoms with Crippen molar-refractivity contribution in [1.29, 1.82) is 0 Å². The molecule has 1 aromatic carbocycles. The second kappa shape index (κ2) is 9.37. The SMILES string of the molecule is C[C@H](NC(C(=O)O)C1CCCN1Cc1ccccc1)C(=O)N1CCC[C@H]1C(=O)O. The molecule has 8 nitrogen and oxygen atoms in total. The molecule has 0 bridgehead atoms. The van der Waals surface area contributed by atoms with Gasteiger partial charge in [-0.25, -0.2) is 4.79 Å². The van der Waals surface area contributed by atoms with Gasteiger partial charge in [-0.3, -0.25) is 19.8 Å². The smallest absolute Gasteiger partial charge is 0.326 e. The molecule has 3 rings (SSSR count). The summed E-state index contributed by atoms with van der Waals surface area (Å²) in [5.74, 6) is -2.36. The third kappa shape index (κ3) is 4.94. The van der Waals surface area contributed by atoms with Crippen LogP contribution in [0.4, 0.5) is 0 Å². The fourth-order valence-corrected chi connectivity index (χ4v) is 4.47. The second-order valence-electron chi connectivity index (χ2n) is 7.90. The van der Waals surface area contributed by atoms with Crippen LogP contribution in [0.2, 0.25) is 0 Å². The van der Waals surface area contributed by atoms with Crippen molar-refractivity contribution in [1.82, 2.24) is 15.1 Å². The van der Waals surface area contributed by atoms with Crippen molar-refractivity contribution in [3.05, 3.63) is 35.9 Å². The van der Waals surface area contributed by atoms with Gasteiger partial charge in [-0.2, -0.15) is 0 Å². The number of nitrogens with zero attached hydrogens (tertiary/aromatic N) is 2. The molecule has 0 aromatic heterocycles. The van der Waals surface area contributed by atoms with Crippen LogP contribution in [0, 0.1) is 0 Å². The molecule has 2 heterocycles. The zero-order chi connectivity index (χ0) is 21.0. The maximum Gasteiger partial charge on any atom is 0.326 e. The molecule has 3 N–H and O–H groups in total. The number of carbonyl (C=O) groups excluding carboxylic acids is 1. The minimum atomic E-state index is -1.01. The van der Waals surface area contributed by atoms with Crippen LogP contribution >= 0.6 is 0 Å². The summed E-state index contributed by atoms with van der Waals surface area (Å²) in [6, 6.07) is 7.19. The summed E-state index contributed by atoms with van der Waals surface area (Å²) in [4.78, 5) is 39.7. The second-order valence-corrected chi connectivity index (χ2v) is 7.90. The standard InChI is InChI=1S/C21H29N3O5/c1-14(19(25)24-12-6-10-17(24)20(26)27)22-18(21(28)29)16-9-5-11-23(16)13-15-7-3-2-4-8-15/h2-4,7-8,14,16-18,22H,5-6,9-13H2,1H3,(H,26,27)(H,28,29)/t14-,16?,17-,18?/m0/s1. The molecule has 1 amide bonds. The monoisotopic (exact) mass is 403 g/mol. The van der Waals surface area contributed by atoms with E-state index in [9.17, 15) is 24.6 Å². The first kappa shape index (κ1) is 21.3. The van der Waals surface area contributed by atoms with Crippen LogP contribution in [0.5, 0.6) is 0 Å². The molecule has 29 heavy (non-hydrogen) atoms. The highest BCUT2D eigenvalue weighted by Gasteiger charge is 2.40. The lowest BCUT2D eigenvalue weighted by molar-refractivity contribution is -0.149. The zero-order valence-electron chi connectivity index (χ0n) is 16.7. The molecule has 2 unspecified atom stereocenters. The van der Waals surface area contributed by atoms with Gasteiger partial charge in [-0.05, 0) is 44.7 Å². The Morgan fingerprint density at radius 3 is 2.45 bits per heavy atom. The van der Waals surface area contributed by atoms with Gasteiger partial charge in [-0.15, -0.1) is 0 Å². The highest BCUT2D eigenvalue weighted by Crippen LogP contribution is 2.24. The Hall–Kier alpha value is -2.45. The van der Waals surface area contributed by atoms with Gasteiger partial charge in [0.1, 0.15) is 12.1 Å². The Bertz CT molecular complexity index is 741. The largest absolute Gasteiger partial charge is 0.480 e. The predicted molar refractivity (Wildman–Crippen MR) is 106 cm³/mol. The van der Waals surface area contributed by atoms with Gasteiger partial charge in [0.05, 0.1) is 6.04 Å². The van der Waals surface area contributed by atoms with E-state index < -0.39 is 30.1 Å². The lowest BCUT2D eigenvalue weighted by atomic mass is 10.0. The van der Waals surface area contributed by atoms with Crippen LogP contribution in [0.25, 0.3) is 0 Å². The molecule has 8 heteroatoms. The maximum absolute atomic E-state index is 12.8. The first-order chi connectivity index (χ1) is 13.9. The van der Waals surface area contributed by atoms with E-state index in [1.54, 1.807) is 6.92 Å². The Kier molecular flexibility index (Phi) is 6.87. The van der Waals surface area contributed by atoms with E-state index in [-0.39, 0.29) is 11.9 Å². The van der Waals surface area contributed by atoms with Crippen molar-refractivity contribution in [3.63, 3.8) is 0 Å². The number of aliphatic carboxylic acids is 2. The zero-order valence-corrected chi connectivity index (χ0v) is 16.7. The van der Waals surface area contributed by atoms with Crippen LogP contribution in [0.15, 0.2) is 30.3 Å². The fraction of sp³-hybridized carbons (Fsp3) is 0.571. The number of carboxylic acids is 2. The van der Waals surface area contributed by atoms with E-state index in [1.165, 1.54) is 4.90 Å². The van der Waals surface area contributed by atoms with E-state index in [0.717, 1.165) is 24.9 Å². The number of rotatable bonds is 8. The molecular formula is C21H29N3O5. The van der Waals surface area contributed by atoms with Crippen LogP contribution in [0.3, 0.4) is 0 Å². The van der Waals surface area contributed by atoms with E-state index in [4.69, 9.17) is 0 Å². The topological polar surface area (TPSA) is 110 Å². The highest BCUT2D eigenvalue weighted by molar-refractivity contribution is 5.88. The van der Waals surface area contributed by atoms with E-state index in [1.807, 2.05) is 30.3 Å². The van der Waals surface area contributed by atoms with Gasteiger partial charge < -0.3 is 15.1 Å². The Morgan fingerprint density at radius 1 is 1.10 bits per heavy atom. The maximum atomic E-state index is 12.8. The molecule has 2 saturated heterocycles. The summed E-state index contributed by atoms with van der Waals surface area (Å²) in [5, 5.41) is 22.1. The number of nitrogens with one attached hydrogen (secondary N) is 1. The number of hydrogen-bond donors (Lipinski definition) is 3. The minimum Gasteiger partial charge on any atom is -0.480 e. The van der Waals surface area contributed by atoms with E-state index in [2.05, 4.69) is 10.2 Å². The van der Waals surface area contributed by atoms with Crippen LogP contribution in [-0.2, 0) is 20.9 Å². The molecule has 2 aliphatic rings. The van der Waals surface area contributed by atoms with Gasteiger partial charge in [-0.1, -0.05) is 30.3 Å². The summed E-state index contributed by atoms with van der Waals surface area (Å²) in [5.41, 5.74) is 1.12. The lowest BCUT2D eigenvalue weighted by Crippen LogP contribution is -2.58. The van der Waals surface area contributed by atoms with Gasteiger partial charge in [0.25, 0.3) is 0 Å². The van der Waals surface area contributed by atoms with E-state index >= 15 is 0 Å². The van der Waals surface area contributed by atoms with Crippen LogP contribution in [-0.4, -0.2) is 75.1 Å². The number of carboxylic acid groups (broad SMARTS) is 2. The third-order valence-corrected chi connectivity index (χ3v) is 5.91. The molecule has 0 aliphatic carbocycles. The van der Waals surface area contributed by atoms with Gasteiger partial charge in [0.15, 0.2) is 0 Å². The minimum absolute atomic E-state index is 0.225. The average Bonchev–Trinajstić information content (AvgIpc) is 3.35. The van der Waals surface area contributed by atoms with Crippen molar-refractivity contribution in [2.75, 3.05) is 13.1 Å².